The Balaban J connectivity index is 2.30. The maximum absolute atomic E-state index is 11.9. The molecule has 0 aliphatic heterocycles. The summed E-state index contributed by atoms with van der Waals surface area (Å²) >= 11 is 0. The number of carbonyl (C=O) groups is 3. The third-order valence-corrected chi connectivity index (χ3v) is 5.78. The lowest BCUT2D eigenvalue weighted by atomic mass is 9.80. The number of ether oxygens (including phenoxy) is 3. The van der Waals surface area contributed by atoms with Crippen molar-refractivity contribution in [1.29, 1.82) is 0 Å². The number of aryl methyl sites for hydroxylation is 2. The van der Waals surface area contributed by atoms with Gasteiger partial charge >= 0.3 is 11.9 Å². The largest absolute Gasteiger partial charge is 0.493 e. The van der Waals surface area contributed by atoms with Crippen LogP contribution in [-0.2, 0) is 30.3 Å². The molecule has 2 N–H and O–H groups in total. The lowest BCUT2D eigenvalue weighted by Crippen LogP contribution is -2.38. The number of hydrogen-bond donors (Lipinski definition) is 1. The second-order valence-electron chi connectivity index (χ2n) is 9.11. The third kappa shape index (κ3) is 9.43. The molecule has 2 aromatic carbocycles. The van der Waals surface area contributed by atoms with E-state index in [1.807, 2.05) is 37.3 Å². The van der Waals surface area contributed by atoms with Crippen LogP contribution in [0.2, 0.25) is 0 Å². The van der Waals surface area contributed by atoms with E-state index in [4.69, 9.17) is 19.9 Å². The second kappa shape index (κ2) is 13.5. The van der Waals surface area contributed by atoms with Gasteiger partial charge in [0, 0.05) is 31.2 Å². The monoisotopic (exact) mass is 483 g/mol. The van der Waals surface area contributed by atoms with Crippen molar-refractivity contribution in [3.63, 3.8) is 0 Å². The summed E-state index contributed by atoms with van der Waals surface area (Å²) in [5.41, 5.74) is 8.81. The van der Waals surface area contributed by atoms with Gasteiger partial charge in [0.05, 0.1) is 6.61 Å². The zero-order chi connectivity index (χ0) is 25.8. The van der Waals surface area contributed by atoms with Gasteiger partial charge in [-0.2, -0.15) is 0 Å². The fourth-order valence-electron chi connectivity index (χ4n) is 3.88. The number of benzene rings is 2. The Hall–Kier alpha value is -3.35. The summed E-state index contributed by atoms with van der Waals surface area (Å²) < 4.78 is 16.5. The van der Waals surface area contributed by atoms with Gasteiger partial charge < -0.3 is 19.9 Å². The van der Waals surface area contributed by atoms with Crippen LogP contribution in [0.3, 0.4) is 0 Å². The zero-order valence-corrected chi connectivity index (χ0v) is 21.2. The topological polar surface area (TPSA) is 105 Å². The van der Waals surface area contributed by atoms with Crippen LogP contribution < -0.4 is 10.5 Å². The van der Waals surface area contributed by atoms with Crippen molar-refractivity contribution in [2.75, 3.05) is 19.8 Å². The molecule has 0 saturated carbocycles. The Morgan fingerprint density at radius 2 is 1.66 bits per heavy atom. The van der Waals surface area contributed by atoms with Gasteiger partial charge in [0.1, 0.15) is 19.0 Å². The smallest absolute Gasteiger partial charge is 0.302 e. The molecule has 35 heavy (non-hydrogen) atoms. The van der Waals surface area contributed by atoms with Gasteiger partial charge in [0.25, 0.3) is 0 Å². The summed E-state index contributed by atoms with van der Waals surface area (Å²) in [6, 6.07) is 14.3. The highest BCUT2D eigenvalue weighted by Gasteiger charge is 2.35. The van der Waals surface area contributed by atoms with Crippen molar-refractivity contribution in [3.8, 4) is 16.9 Å². The van der Waals surface area contributed by atoms with Crippen molar-refractivity contribution in [3.05, 3.63) is 53.6 Å². The van der Waals surface area contributed by atoms with Crippen LogP contribution >= 0.6 is 0 Å². The molecule has 0 heterocycles. The Morgan fingerprint density at radius 3 is 2.26 bits per heavy atom. The molecular formula is C28H37NO6. The van der Waals surface area contributed by atoms with Gasteiger partial charge in [-0.3, -0.25) is 14.4 Å². The van der Waals surface area contributed by atoms with Crippen molar-refractivity contribution in [2.45, 2.75) is 59.8 Å². The average Bonchev–Trinajstić information content (AvgIpc) is 2.81. The molecule has 0 spiro atoms. The molecule has 0 unspecified atom stereocenters. The molecule has 7 nitrogen and oxygen atoms in total. The molecule has 0 radical (unpaired) electrons. The Morgan fingerprint density at radius 1 is 0.971 bits per heavy atom. The van der Waals surface area contributed by atoms with E-state index < -0.39 is 23.3 Å². The molecule has 0 aromatic heterocycles. The number of primary amides is 1. The zero-order valence-electron chi connectivity index (χ0n) is 21.2. The van der Waals surface area contributed by atoms with Crippen LogP contribution in [0.4, 0.5) is 0 Å². The lowest BCUT2D eigenvalue weighted by molar-refractivity contribution is -0.154. The molecule has 1 amide bonds. The van der Waals surface area contributed by atoms with Gasteiger partial charge in [0.15, 0.2) is 0 Å². The van der Waals surface area contributed by atoms with E-state index >= 15 is 0 Å². The lowest BCUT2D eigenvalue weighted by Gasteiger charge is -2.31. The van der Waals surface area contributed by atoms with E-state index in [-0.39, 0.29) is 19.6 Å². The molecule has 190 valence electrons. The Labute approximate surface area is 207 Å². The van der Waals surface area contributed by atoms with Crippen LogP contribution in [0.1, 0.15) is 57.6 Å². The van der Waals surface area contributed by atoms with E-state index in [9.17, 15) is 14.4 Å². The van der Waals surface area contributed by atoms with E-state index in [2.05, 4.69) is 19.1 Å². The molecule has 0 saturated heterocycles. The van der Waals surface area contributed by atoms with Crippen LogP contribution in [0.25, 0.3) is 11.1 Å². The van der Waals surface area contributed by atoms with Gasteiger partial charge in [-0.05, 0) is 49.4 Å². The Bertz CT molecular complexity index is 998. The van der Waals surface area contributed by atoms with Crippen LogP contribution in [0.5, 0.6) is 5.75 Å². The third-order valence-electron chi connectivity index (χ3n) is 5.78. The predicted octanol–water partition coefficient (Wildman–Crippen LogP) is 4.76. The van der Waals surface area contributed by atoms with Crippen molar-refractivity contribution in [1.82, 2.24) is 0 Å². The first-order chi connectivity index (χ1) is 16.6. The highest BCUT2D eigenvalue weighted by Crippen LogP contribution is 2.34. The van der Waals surface area contributed by atoms with Crippen LogP contribution in [0, 0.1) is 12.3 Å². The quantitative estimate of drug-likeness (QED) is 0.307. The number of esters is 2. The van der Waals surface area contributed by atoms with Crippen molar-refractivity contribution < 1.29 is 28.6 Å². The predicted molar refractivity (Wildman–Crippen MR) is 135 cm³/mol. The summed E-state index contributed by atoms with van der Waals surface area (Å²) in [5, 5.41) is 0. The first-order valence-electron chi connectivity index (χ1n) is 12.0. The summed E-state index contributed by atoms with van der Waals surface area (Å²) in [7, 11) is 0. The molecule has 0 aliphatic rings. The minimum absolute atomic E-state index is 0.0639. The van der Waals surface area contributed by atoms with Gasteiger partial charge in [0.2, 0.25) is 5.91 Å². The fraction of sp³-hybridized carbons (Fsp3) is 0.464. The van der Waals surface area contributed by atoms with Gasteiger partial charge in [-0.15, -0.1) is 0 Å². The van der Waals surface area contributed by atoms with Crippen LogP contribution in [-0.4, -0.2) is 37.7 Å². The van der Waals surface area contributed by atoms with Crippen LogP contribution in [0.15, 0.2) is 42.5 Å². The molecule has 2 rings (SSSR count). The van der Waals surface area contributed by atoms with E-state index in [0.29, 0.717) is 19.4 Å². The van der Waals surface area contributed by atoms with Crippen molar-refractivity contribution >= 4 is 17.8 Å². The molecule has 0 aliphatic carbocycles. The van der Waals surface area contributed by atoms with E-state index in [1.54, 1.807) is 0 Å². The van der Waals surface area contributed by atoms with E-state index in [1.165, 1.54) is 13.8 Å². The SMILES string of the molecule is CCCCOc1ccc(C)cc1-c1cccc(CCC(COC(C)=O)(COC(C)=O)CC(N)=O)c1. The maximum atomic E-state index is 11.9. The second-order valence-corrected chi connectivity index (χ2v) is 9.11. The summed E-state index contributed by atoms with van der Waals surface area (Å²) in [6.45, 7) is 7.30. The number of nitrogens with two attached hydrogens (primary N) is 1. The molecule has 0 bridgehead atoms. The fourth-order valence-corrected chi connectivity index (χ4v) is 3.88. The molecular weight excluding hydrogens is 446 g/mol. The number of unbranched alkanes of at least 4 members (excludes halogenated alkanes) is 1. The molecule has 2 aromatic rings. The average molecular weight is 484 g/mol. The minimum Gasteiger partial charge on any atom is -0.493 e. The number of carbonyl (C=O) groups excluding carboxylic acids is 3. The first kappa shape index (κ1) is 27.9. The summed E-state index contributed by atoms with van der Waals surface area (Å²) in [4.78, 5) is 34.8. The standard InChI is InChI=1S/C28H37NO6/c1-5-6-14-33-26-11-10-20(2)15-25(26)24-9-7-8-23(16-24)12-13-28(17-27(29)32,18-34-21(3)30)19-35-22(4)31/h7-11,15-16H,5-6,12-14,17-19H2,1-4H3,(H2,29,32). The summed E-state index contributed by atoms with van der Waals surface area (Å²) in [6.07, 6.45) is 2.99. The molecule has 0 fully saturated rings. The molecule has 7 heteroatoms. The van der Waals surface area contributed by atoms with Gasteiger partial charge in [-0.25, -0.2) is 0 Å². The first-order valence-corrected chi connectivity index (χ1v) is 12.0. The number of hydrogen-bond acceptors (Lipinski definition) is 6. The Kier molecular flexibility index (Phi) is 10.8. The van der Waals surface area contributed by atoms with Gasteiger partial charge in [-0.1, -0.05) is 49.2 Å². The number of rotatable bonds is 14. The highest BCUT2D eigenvalue weighted by atomic mass is 16.5. The maximum Gasteiger partial charge on any atom is 0.302 e. The number of amides is 1. The minimum atomic E-state index is -0.906. The highest BCUT2D eigenvalue weighted by molar-refractivity contribution is 5.75. The van der Waals surface area contributed by atoms with E-state index in [0.717, 1.165) is 40.8 Å². The normalized spacial score (nSPS) is 11.1. The summed E-state index contributed by atoms with van der Waals surface area (Å²) in [5.74, 6) is -0.655. The molecule has 0 atom stereocenters. The van der Waals surface area contributed by atoms with Crippen molar-refractivity contribution in [2.24, 2.45) is 11.1 Å².